The highest BCUT2D eigenvalue weighted by molar-refractivity contribution is 5.28. The Balaban J connectivity index is 1.92. The van der Waals surface area contributed by atoms with Crippen molar-refractivity contribution in [3.63, 3.8) is 0 Å². The predicted octanol–water partition coefficient (Wildman–Crippen LogP) is 3.21. The van der Waals surface area contributed by atoms with E-state index >= 15 is 0 Å². The molecule has 3 rings (SSSR count). The summed E-state index contributed by atoms with van der Waals surface area (Å²) in [5.41, 5.74) is 0.502. The second-order valence-electron chi connectivity index (χ2n) is 5.26. The Kier molecular flexibility index (Phi) is 4.83. The van der Waals surface area contributed by atoms with Crippen LogP contribution in [0.4, 0.5) is 13.2 Å². The van der Waals surface area contributed by atoms with Crippen LogP contribution in [0.25, 0.3) is 0 Å². The summed E-state index contributed by atoms with van der Waals surface area (Å²) in [6.07, 6.45) is -1.19. The van der Waals surface area contributed by atoms with E-state index in [0.29, 0.717) is 25.3 Å². The largest absolute Gasteiger partial charge is 0.480 e. The third kappa shape index (κ3) is 3.65. The van der Waals surface area contributed by atoms with Crippen LogP contribution in [-0.4, -0.2) is 25.8 Å². The number of rotatable bonds is 4. The van der Waals surface area contributed by atoms with Gasteiger partial charge in [-0.25, -0.2) is 8.78 Å². The van der Waals surface area contributed by atoms with Gasteiger partial charge in [-0.15, -0.1) is 0 Å². The van der Waals surface area contributed by atoms with E-state index in [1.807, 2.05) is 0 Å². The molecule has 0 amide bonds. The zero-order valence-corrected chi connectivity index (χ0v) is 12.3. The minimum Gasteiger partial charge on any atom is -0.480 e. The Morgan fingerprint density at radius 2 is 1.96 bits per heavy atom. The van der Waals surface area contributed by atoms with Crippen molar-refractivity contribution in [2.24, 2.45) is 0 Å². The van der Waals surface area contributed by atoms with Crippen molar-refractivity contribution in [1.82, 2.24) is 5.32 Å². The summed E-state index contributed by atoms with van der Waals surface area (Å²) in [7, 11) is 0. The fourth-order valence-corrected chi connectivity index (χ4v) is 2.53. The number of ether oxygens (including phenoxy) is 2. The molecule has 0 aliphatic carbocycles. The molecule has 2 aromatic carbocycles. The van der Waals surface area contributed by atoms with Gasteiger partial charge in [0.05, 0.1) is 6.61 Å². The zero-order chi connectivity index (χ0) is 16.2. The average molecular weight is 323 g/mol. The lowest BCUT2D eigenvalue weighted by molar-refractivity contribution is -0.0444. The van der Waals surface area contributed by atoms with Crippen LogP contribution in [0.3, 0.4) is 0 Å². The first-order valence-electron chi connectivity index (χ1n) is 7.33. The first kappa shape index (κ1) is 15.8. The van der Waals surface area contributed by atoms with E-state index in [2.05, 4.69) is 5.32 Å². The van der Waals surface area contributed by atoms with E-state index in [9.17, 15) is 13.2 Å². The summed E-state index contributed by atoms with van der Waals surface area (Å²) >= 11 is 0. The van der Waals surface area contributed by atoms with Gasteiger partial charge < -0.3 is 14.8 Å². The minimum atomic E-state index is -1.07. The second kappa shape index (κ2) is 7.02. The zero-order valence-electron chi connectivity index (χ0n) is 12.3. The van der Waals surface area contributed by atoms with Gasteiger partial charge in [-0.05, 0) is 29.8 Å². The molecule has 1 aliphatic heterocycles. The normalized spacial score (nSPS) is 19.3. The number of hydrogen-bond acceptors (Lipinski definition) is 3. The number of benzene rings is 2. The van der Waals surface area contributed by atoms with Crippen molar-refractivity contribution >= 4 is 0 Å². The van der Waals surface area contributed by atoms with Crippen LogP contribution in [0.1, 0.15) is 11.7 Å². The Bertz CT molecular complexity index is 675. The molecule has 122 valence electrons. The molecule has 23 heavy (non-hydrogen) atoms. The number of hydrogen-bond donors (Lipinski definition) is 1. The van der Waals surface area contributed by atoms with Crippen LogP contribution in [0, 0.1) is 17.5 Å². The molecule has 2 atom stereocenters. The molecule has 1 aliphatic rings. The molecule has 1 N–H and O–H groups in total. The molecule has 6 heteroatoms. The van der Waals surface area contributed by atoms with Crippen LogP contribution in [0.15, 0.2) is 42.5 Å². The SMILES string of the molecule is Fc1cccc([C@@H](Oc2cccc(F)c2F)[C@@H]2CNCCO2)c1. The molecule has 0 unspecified atom stereocenters. The van der Waals surface area contributed by atoms with Crippen LogP contribution >= 0.6 is 0 Å². The summed E-state index contributed by atoms with van der Waals surface area (Å²) in [4.78, 5) is 0. The molecule has 0 bridgehead atoms. The van der Waals surface area contributed by atoms with E-state index in [1.54, 1.807) is 12.1 Å². The maximum atomic E-state index is 13.9. The molecular weight excluding hydrogens is 307 g/mol. The lowest BCUT2D eigenvalue weighted by Gasteiger charge is -2.31. The van der Waals surface area contributed by atoms with Gasteiger partial charge in [0.2, 0.25) is 5.82 Å². The minimum absolute atomic E-state index is 0.228. The molecule has 3 nitrogen and oxygen atoms in total. The highest BCUT2D eigenvalue weighted by atomic mass is 19.2. The van der Waals surface area contributed by atoms with Crippen LogP contribution in [0.2, 0.25) is 0 Å². The fourth-order valence-electron chi connectivity index (χ4n) is 2.53. The molecule has 0 radical (unpaired) electrons. The Morgan fingerprint density at radius 1 is 1.13 bits per heavy atom. The van der Waals surface area contributed by atoms with Gasteiger partial charge in [0.15, 0.2) is 17.7 Å². The summed E-state index contributed by atoms with van der Waals surface area (Å²) in [5.74, 6) is -2.73. The van der Waals surface area contributed by atoms with Crippen molar-refractivity contribution in [3.05, 3.63) is 65.5 Å². The molecule has 1 fully saturated rings. The lowest BCUT2D eigenvalue weighted by Crippen LogP contribution is -2.43. The molecular formula is C17H16F3NO2. The van der Waals surface area contributed by atoms with E-state index in [0.717, 1.165) is 6.07 Å². The highest BCUT2D eigenvalue weighted by Crippen LogP contribution is 2.30. The lowest BCUT2D eigenvalue weighted by atomic mass is 10.0. The van der Waals surface area contributed by atoms with E-state index in [-0.39, 0.29) is 5.75 Å². The van der Waals surface area contributed by atoms with Gasteiger partial charge in [0, 0.05) is 13.1 Å². The van der Waals surface area contributed by atoms with Crippen molar-refractivity contribution in [1.29, 1.82) is 0 Å². The van der Waals surface area contributed by atoms with Gasteiger partial charge >= 0.3 is 0 Å². The first-order chi connectivity index (χ1) is 11.1. The average Bonchev–Trinajstić information content (AvgIpc) is 2.57. The maximum absolute atomic E-state index is 13.9. The number of morpholine rings is 1. The van der Waals surface area contributed by atoms with Gasteiger partial charge in [-0.2, -0.15) is 4.39 Å². The topological polar surface area (TPSA) is 30.5 Å². The number of nitrogens with one attached hydrogen (secondary N) is 1. The third-order valence-corrected chi connectivity index (χ3v) is 3.64. The van der Waals surface area contributed by atoms with Crippen LogP contribution in [-0.2, 0) is 4.74 Å². The van der Waals surface area contributed by atoms with Crippen molar-refractivity contribution in [2.75, 3.05) is 19.7 Å². The maximum Gasteiger partial charge on any atom is 0.200 e. The van der Waals surface area contributed by atoms with E-state index in [4.69, 9.17) is 9.47 Å². The summed E-state index contributed by atoms with van der Waals surface area (Å²) in [6.45, 7) is 1.63. The fraction of sp³-hybridized carbons (Fsp3) is 0.294. The summed E-state index contributed by atoms with van der Waals surface area (Å²) in [5, 5.41) is 3.14. The highest BCUT2D eigenvalue weighted by Gasteiger charge is 2.29. The Labute approximate surface area is 132 Å². The van der Waals surface area contributed by atoms with E-state index in [1.165, 1.54) is 24.3 Å². The number of halogens is 3. The molecule has 0 aromatic heterocycles. The Morgan fingerprint density at radius 3 is 2.70 bits per heavy atom. The van der Waals surface area contributed by atoms with E-state index < -0.39 is 29.7 Å². The molecule has 1 heterocycles. The quantitative estimate of drug-likeness (QED) is 0.937. The van der Waals surface area contributed by atoms with Gasteiger partial charge in [-0.3, -0.25) is 0 Å². The molecule has 0 saturated carbocycles. The summed E-state index contributed by atoms with van der Waals surface area (Å²) in [6, 6.07) is 9.53. The second-order valence-corrected chi connectivity index (χ2v) is 5.26. The van der Waals surface area contributed by atoms with Crippen LogP contribution in [0.5, 0.6) is 5.75 Å². The first-order valence-corrected chi connectivity index (χ1v) is 7.33. The standard InChI is InChI=1S/C17H16F3NO2/c18-12-4-1-3-11(9-12)17(15-10-21-7-8-22-15)23-14-6-2-5-13(19)16(14)20/h1-6,9,15,17,21H,7-8,10H2/t15-,17+/m0/s1. The molecule has 0 spiro atoms. The van der Waals surface area contributed by atoms with Gasteiger partial charge in [0.1, 0.15) is 11.9 Å². The monoisotopic (exact) mass is 323 g/mol. The van der Waals surface area contributed by atoms with Crippen molar-refractivity contribution < 1.29 is 22.6 Å². The predicted molar refractivity (Wildman–Crippen MR) is 78.7 cm³/mol. The summed E-state index contributed by atoms with van der Waals surface area (Å²) < 4.78 is 52.1. The molecule has 1 saturated heterocycles. The smallest absolute Gasteiger partial charge is 0.200 e. The van der Waals surface area contributed by atoms with Crippen molar-refractivity contribution in [2.45, 2.75) is 12.2 Å². The third-order valence-electron chi connectivity index (χ3n) is 3.64. The van der Waals surface area contributed by atoms with Gasteiger partial charge in [-0.1, -0.05) is 18.2 Å². The van der Waals surface area contributed by atoms with Crippen LogP contribution < -0.4 is 10.1 Å². The van der Waals surface area contributed by atoms with Gasteiger partial charge in [0.25, 0.3) is 0 Å². The Hall–Kier alpha value is -2.05. The molecule has 2 aromatic rings. The van der Waals surface area contributed by atoms with Crippen molar-refractivity contribution in [3.8, 4) is 5.75 Å².